The molecule has 0 spiro atoms. The number of fused-ring (bicyclic) bond motifs is 1. The Kier molecular flexibility index (Phi) is 4.12. The fourth-order valence-electron chi connectivity index (χ4n) is 2.41. The highest BCUT2D eigenvalue weighted by atomic mass is 35.5. The van der Waals surface area contributed by atoms with Crippen LogP contribution in [0.25, 0.3) is 11.1 Å². The molecule has 0 radical (unpaired) electrons. The molecule has 0 saturated carbocycles. The summed E-state index contributed by atoms with van der Waals surface area (Å²) in [7, 11) is 0. The monoisotopic (exact) mass is 280 g/mol. The number of aromatic nitrogens is 1. The number of aryl methyl sites for hydroxylation is 2. The van der Waals surface area contributed by atoms with E-state index in [0.717, 1.165) is 41.4 Å². The number of para-hydroxylation sites is 1. The lowest BCUT2D eigenvalue weighted by Gasteiger charge is -2.12. The van der Waals surface area contributed by atoms with Crippen molar-refractivity contribution in [2.45, 2.75) is 20.4 Å². The Morgan fingerprint density at radius 1 is 1.26 bits per heavy atom. The van der Waals surface area contributed by atoms with Crippen LogP contribution in [-0.2, 0) is 6.54 Å². The molecule has 102 valence electrons. The van der Waals surface area contributed by atoms with Gasteiger partial charge in [0.05, 0.1) is 11.3 Å². The van der Waals surface area contributed by atoms with Crippen LogP contribution in [0.4, 0.5) is 0 Å². The van der Waals surface area contributed by atoms with Crippen molar-refractivity contribution in [2.75, 3.05) is 13.2 Å². The first-order valence-corrected chi connectivity index (χ1v) is 6.16. The van der Waals surface area contributed by atoms with Crippen molar-refractivity contribution in [3.05, 3.63) is 35.2 Å². The second kappa shape index (κ2) is 5.63. The molecule has 2 heterocycles. The molecule has 2 aromatic rings. The summed E-state index contributed by atoms with van der Waals surface area (Å²) in [5.74, 6) is 1.79. The van der Waals surface area contributed by atoms with E-state index in [9.17, 15) is 0 Å². The largest absolute Gasteiger partial charge is 0.491 e. The first kappa shape index (κ1) is 13.9. The molecule has 0 atom stereocenters. The van der Waals surface area contributed by atoms with Crippen LogP contribution in [0.5, 0.6) is 5.75 Å². The molecule has 1 N–H and O–H groups in total. The van der Waals surface area contributed by atoms with Crippen molar-refractivity contribution in [1.29, 1.82) is 0 Å². The lowest BCUT2D eigenvalue weighted by Crippen LogP contribution is -2.16. The second-order valence-electron chi connectivity index (χ2n) is 4.52. The van der Waals surface area contributed by atoms with Crippen molar-refractivity contribution in [3.63, 3.8) is 0 Å². The van der Waals surface area contributed by atoms with Gasteiger partial charge in [-0.3, -0.25) is 0 Å². The summed E-state index contributed by atoms with van der Waals surface area (Å²) >= 11 is 0. The topological polar surface area (TPSA) is 47.3 Å². The lowest BCUT2D eigenvalue weighted by atomic mass is 10.00. The predicted octanol–water partition coefficient (Wildman–Crippen LogP) is 2.86. The molecule has 0 bridgehead atoms. The normalized spacial score (nSPS) is 14.0. The SMILES string of the molecule is Cc1noc(C)c1-c1cccc2c1OCCNC2.Cl. The molecule has 0 aliphatic carbocycles. The minimum Gasteiger partial charge on any atom is -0.491 e. The molecule has 0 fully saturated rings. The maximum atomic E-state index is 5.88. The molecule has 19 heavy (non-hydrogen) atoms. The first-order valence-electron chi connectivity index (χ1n) is 6.16. The van der Waals surface area contributed by atoms with Crippen molar-refractivity contribution in [3.8, 4) is 16.9 Å². The van der Waals surface area contributed by atoms with Gasteiger partial charge >= 0.3 is 0 Å². The van der Waals surface area contributed by atoms with Gasteiger partial charge in [0, 0.05) is 24.2 Å². The fourth-order valence-corrected chi connectivity index (χ4v) is 2.41. The Morgan fingerprint density at radius 3 is 2.84 bits per heavy atom. The third-order valence-electron chi connectivity index (χ3n) is 3.24. The number of rotatable bonds is 1. The quantitative estimate of drug-likeness (QED) is 0.873. The lowest BCUT2D eigenvalue weighted by molar-refractivity contribution is 0.327. The van der Waals surface area contributed by atoms with E-state index >= 15 is 0 Å². The standard InChI is InChI=1S/C14H16N2O2.ClH/c1-9-13(10(2)18-16-9)12-5-3-4-11-8-15-6-7-17-14(11)12;/h3-5,15H,6-8H2,1-2H3;1H. The van der Waals surface area contributed by atoms with Gasteiger partial charge < -0.3 is 14.6 Å². The predicted molar refractivity (Wildman–Crippen MR) is 75.9 cm³/mol. The van der Waals surface area contributed by atoms with Gasteiger partial charge in [0.1, 0.15) is 18.1 Å². The van der Waals surface area contributed by atoms with Crippen LogP contribution in [0.1, 0.15) is 17.0 Å². The summed E-state index contributed by atoms with van der Waals surface area (Å²) in [6.07, 6.45) is 0. The molecule has 1 aliphatic heterocycles. The van der Waals surface area contributed by atoms with E-state index in [1.807, 2.05) is 13.8 Å². The number of halogens is 1. The van der Waals surface area contributed by atoms with Crippen molar-refractivity contribution in [1.82, 2.24) is 10.5 Å². The van der Waals surface area contributed by atoms with Crippen molar-refractivity contribution >= 4 is 12.4 Å². The number of ether oxygens (including phenoxy) is 1. The summed E-state index contributed by atoms with van der Waals surface area (Å²) in [5.41, 5.74) is 4.22. The Hall–Kier alpha value is -1.52. The van der Waals surface area contributed by atoms with Gasteiger partial charge in [0.25, 0.3) is 0 Å². The summed E-state index contributed by atoms with van der Waals surface area (Å²) in [4.78, 5) is 0. The molecular formula is C14H17ClN2O2. The second-order valence-corrected chi connectivity index (χ2v) is 4.52. The van der Waals surface area contributed by atoms with E-state index in [1.165, 1.54) is 5.56 Å². The van der Waals surface area contributed by atoms with Crippen LogP contribution in [0.2, 0.25) is 0 Å². The zero-order valence-corrected chi connectivity index (χ0v) is 11.8. The van der Waals surface area contributed by atoms with Crippen molar-refractivity contribution < 1.29 is 9.26 Å². The Labute approximate surface area is 118 Å². The summed E-state index contributed by atoms with van der Waals surface area (Å²) in [5, 5.41) is 7.36. The van der Waals surface area contributed by atoms with Crippen LogP contribution in [-0.4, -0.2) is 18.3 Å². The minimum absolute atomic E-state index is 0. The third kappa shape index (κ3) is 2.46. The Bertz CT molecular complexity index is 561. The Morgan fingerprint density at radius 2 is 2.11 bits per heavy atom. The van der Waals surface area contributed by atoms with E-state index in [-0.39, 0.29) is 12.4 Å². The maximum Gasteiger partial charge on any atom is 0.141 e. The summed E-state index contributed by atoms with van der Waals surface area (Å²) in [6.45, 7) is 6.29. The van der Waals surface area contributed by atoms with E-state index in [0.29, 0.717) is 6.61 Å². The first-order chi connectivity index (χ1) is 8.77. The number of hydrogen-bond donors (Lipinski definition) is 1. The summed E-state index contributed by atoms with van der Waals surface area (Å²) in [6, 6.07) is 6.21. The van der Waals surface area contributed by atoms with Gasteiger partial charge in [-0.15, -0.1) is 12.4 Å². The van der Waals surface area contributed by atoms with E-state index < -0.39 is 0 Å². The van der Waals surface area contributed by atoms with Gasteiger partial charge in [-0.25, -0.2) is 0 Å². The average molecular weight is 281 g/mol. The smallest absolute Gasteiger partial charge is 0.141 e. The van der Waals surface area contributed by atoms with Gasteiger partial charge in [-0.05, 0) is 13.8 Å². The minimum atomic E-state index is 0. The van der Waals surface area contributed by atoms with Crippen LogP contribution in [0, 0.1) is 13.8 Å². The van der Waals surface area contributed by atoms with Crippen LogP contribution < -0.4 is 10.1 Å². The maximum absolute atomic E-state index is 5.88. The highest BCUT2D eigenvalue weighted by Gasteiger charge is 2.19. The van der Waals surface area contributed by atoms with Crippen LogP contribution >= 0.6 is 12.4 Å². The fraction of sp³-hybridized carbons (Fsp3) is 0.357. The molecule has 3 rings (SSSR count). The van der Waals surface area contributed by atoms with Gasteiger partial charge in [-0.1, -0.05) is 23.4 Å². The summed E-state index contributed by atoms with van der Waals surface area (Å²) < 4.78 is 11.1. The zero-order valence-electron chi connectivity index (χ0n) is 11.0. The molecule has 5 heteroatoms. The molecule has 1 aromatic heterocycles. The van der Waals surface area contributed by atoms with E-state index in [4.69, 9.17) is 9.26 Å². The van der Waals surface area contributed by atoms with Crippen molar-refractivity contribution in [2.24, 2.45) is 0 Å². The molecule has 1 aromatic carbocycles. The van der Waals surface area contributed by atoms with Crippen LogP contribution in [0.15, 0.2) is 22.7 Å². The van der Waals surface area contributed by atoms with Gasteiger partial charge in [-0.2, -0.15) is 0 Å². The molecule has 0 amide bonds. The highest BCUT2D eigenvalue weighted by molar-refractivity contribution is 5.85. The van der Waals surface area contributed by atoms with E-state index in [1.54, 1.807) is 0 Å². The Balaban J connectivity index is 0.00000133. The average Bonchev–Trinajstić information content (AvgIpc) is 2.59. The molecule has 4 nitrogen and oxygen atoms in total. The number of nitrogens with one attached hydrogen (secondary N) is 1. The molecule has 0 saturated heterocycles. The third-order valence-corrected chi connectivity index (χ3v) is 3.24. The number of nitrogens with zero attached hydrogens (tertiary/aromatic N) is 1. The zero-order chi connectivity index (χ0) is 12.5. The van der Waals surface area contributed by atoms with Gasteiger partial charge in [0.15, 0.2) is 0 Å². The molecular weight excluding hydrogens is 264 g/mol. The molecule has 0 unspecified atom stereocenters. The van der Waals surface area contributed by atoms with E-state index in [2.05, 4.69) is 28.7 Å². The number of hydrogen-bond acceptors (Lipinski definition) is 4. The molecule has 1 aliphatic rings. The van der Waals surface area contributed by atoms with Gasteiger partial charge in [0.2, 0.25) is 0 Å². The van der Waals surface area contributed by atoms with Crippen LogP contribution in [0.3, 0.4) is 0 Å². The highest BCUT2D eigenvalue weighted by Crippen LogP contribution is 2.37. The number of benzene rings is 1.